The van der Waals surface area contributed by atoms with Crippen molar-refractivity contribution in [3.8, 4) is 0 Å². The van der Waals surface area contributed by atoms with E-state index >= 15 is 0 Å². The van der Waals surface area contributed by atoms with Gasteiger partial charge in [0.25, 0.3) is 0 Å². The van der Waals surface area contributed by atoms with E-state index in [1.807, 2.05) is 27.7 Å². The zero-order chi connectivity index (χ0) is 13.9. The van der Waals surface area contributed by atoms with Gasteiger partial charge in [-0.2, -0.15) is 0 Å². The summed E-state index contributed by atoms with van der Waals surface area (Å²) in [4.78, 5) is 12.5. The predicted molar refractivity (Wildman–Crippen MR) is 70.0 cm³/mol. The van der Waals surface area contributed by atoms with Crippen LogP contribution in [-0.2, 0) is 4.79 Å². The minimum Gasteiger partial charge on any atom is -0.388 e. The van der Waals surface area contributed by atoms with E-state index in [1.54, 1.807) is 6.92 Å². The lowest BCUT2D eigenvalue weighted by atomic mass is 9.66. The fourth-order valence-corrected chi connectivity index (χ4v) is 3.90. The summed E-state index contributed by atoms with van der Waals surface area (Å²) in [5.74, 6) is -0.214. The van der Waals surface area contributed by atoms with Crippen LogP contribution in [-0.4, -0.2) is 27.7 Å². The van der Waals surface area contributed by atoms with Crippen molar-refractivity contribution in [1.82, 2.24) is 0 Å². The summed E-state index contributed by atoms with van der Waals surface area (Å²) in [5.41, 5.74) is -0.0291. The second-order valence-corrected chi connectivity index (χ2v) is 6.78. The minimum absolute atomic E-state index is 0.0643. The molecule has 0 saturated heterocycles. The standard InChI is InChI=1S/C15H24O3/c1-6-10-8(2)11-9(12(16)15(10,5)18)7-14(3,4)13(11)17/h8,10,13,17-18H,6-7H2,1-5H3. The van der Waals surface area contributed by atoms with Gasteiger partial charge in [0.2, 0.25) is 0 Å². The van der Waals surface area contributed by atoms with Crippen molar-refractivity contribution in [2.45, 2.75) is 59.2 Å². The molecule has 0 bridgehead atoms. The fourth-order valence-electron chi connectivity index (χ4n) is 3.90. The zero-order valence-corrected chi connectivity index (χ0v) is 11.9. The summed E-state index contributed by atoms with van der Waals surface area (Å²) in [7, 11) is 0. The van der Waals surface area contributed by atoms with Crippen molar-refractivity contribution in [2.24, 2.45) is 17.3 Å². The molecular weight excluding hydrogens is 228 g/mol. The Hall–Kier alpha value is -0.670. The van der Waals surface area contributed by atoms with Crippen LogP contribution in [0.3, 0.4) is 0 Å². The number of aliphatic hydroxyl groups excluding tert-OH is 1. The molecule has 3 heteroatoms. The van der Waals surface area contributed by atoms with Gasteiger partial charge in [0.1, 0.15) is 5.60 Å². The normalized spacial score (nSPS) is 43.3. The Labute approximate surface area is 109 Å². The van der Waals surface area contributed by atoms with Gasteiger partial charge in [0, 0.05) is 11.5 Å². The average molecular weight is 252 g/mol. The second kappa shape index (κ2) is 3.91. The fraction of sp³-hybridized carbons (Fsp3) is 0.800. The van der Waals surface area contributed by atoms with Crippen LogP contribution in [0.4, 0.5) is 0 Å². The smallest absolute Gasteiger partial charge is 0.190 e. The Morgan fingerprint density at radius 1 is 1.33 bits per heavy atom. The van der Waals surface area contributed by atoms with Gasteiger partial charge in [0.15, 0.2) is 5.78 Å². The van der Waals surface area contributed by atoms with Gasteiger partial charge in [-0.25, -0.2) is 0 Å². The summed E-state index contributed by atoms with van der Waals surface area (Å²) in [6.07, 6.45) is 0.750. The number of rotatable bonds is 1. The van der Waals surface area contributed by atoms with Gasteiger partial charge < -0.3 is 10.2 Å². The van der Waals surface area contributed by atoms with Crippen LogP contribution in [0, 0.1) is 17.3 Å². The Balaban J connectivity index is 2.53. The first-order valence-electron chi connectivity index (χ1n) is 6.82. The van der Waals surface area contributed by atoms with Crippen molar-refractivity contribution in [3.05, 3.63) is 11.1 Å². The van der Waals surface area contributed by atoms with E-state index in [0.29, 0.717) is 12.0 Å². The Morgan fingerprint density at radius 2 is 1.89 bits per heavy atom. The topological polar surface area (TPSA) is 57.5 Å². The van der Waals surface area contributed by atoms with E-state index in [9.17, 15) is 15.0 Å². The quantitative estimate of drug-likeness (QED) is 0.751. The Morgan fingerprint density at radius 3 is 2.39 bits per heavy atom. The van der Waals surface area contributed by atoms with Gasteiger partial charge in [0.05, 0.1) is 6.10 Å². The second-order valence-electron chi connectivity index (χ2n) is 6.78. The highest BCUT2D eigenvalue weighted by Gasteiger charge is 2.55. The molecule has 0 aromatic heterocycles. The van der Waals surface area contributed by atoms with Crippen LogP contribution >= 0.6 is 0 Å². The molecule has 102 valence electrons. The number of ketones is 1. The summed E-state index contributed by atoms with van der Waals surface area (Å²) in [5, 5.41) is 20.9. The third-order valence-corrected chi connectivity index (χ3v) is 5.01. The number of aliphatic hydroxyl groups is 2. The molecule has 4 unspecified atom stereocenters. The molecule has 0 radical (unpaired) electrons. The van der Waals surface area contributed by atoms with Crippen LogP contribution in [0.25, 0.3) is 0 Å². The van der Waals surface area contributed by atoms with E-state index in [2.05, 4.69) is 0 Å². The molecule has 0 saturated carbocycles. The number of hydrogen-bond donors (Lipinski definition) is 2. The summed E-state index contributed by atoms with van der Waals surface area (Å²) in [6, 6.07) is 0. The zero-order valence-electron chi connectivity index (χ0n) is 11.9. The molecule has 2 N–H and O–H groups in total. The van der Waals surface area contributed by atoms with E-state index in [1.165, 1.54) is 0 Å². The van der Waals surface area contributed by atoms with E-state index in [0.717, 1.165) is 12.0 Å². The predicted octanol–water partition coefficient (Wildman–Crippen LogP) is 2.07. The lowest BCUT2D eigenvalue weighted by Crippen LogP contribution is -2.50. The van der Waals surface area contributed by atoms with Gasteiger partial charge in [-0.3, -0.25) is 4.79 Å². The number of Topliss-reactive ketones (excluding diaryl/α,β-unsaturated/α-hetero) is 1. The highest BCUT2D eigenvalue weighted by Crippen LogP contribution is 2.52. The van der Waals surface area contributed by atoms with E-state index in [-0.39, 0.29) is 23.0 Å². The SMILES string of the molecule is CCC1C(C)C2=C(CC(C)(C)C2O)C(=O)C1(C)O. The van der Waals surface area contributed by atoms with Gasteiger partial charge in [-0.15, -0.1) is 0 Å². The Kier molecular flexibility index (Phi) is 2.99. The largest absolute Gasteiger partial charge is 0.388 e. The molecule has 0 aromatic carbocycles. The number of carbonyl (C=O) groups is 1. The molecule has 0 fully saturated rings. The third-order valence-electron chi connectivity index (χ3n) is 5.01. The van der Waals surface area contributed by atoms with Crippen molar-refractivity contribution < 1.29 is 15.0 Å². The molecule has 2 aliphatic rings. The van der Waals surface area contributed by atoms with Crippen molar-refractivity contribution in [3.63, 3.8) is 0 Å². The van der Waals surface area contributed by atoms with Crippen LogP contribution < -0.4 is 0 Å². The molecule has 0 amide bonds. The number of hydrogen-bond acceptors (Lipinski definition) is 3. The van der Waals surface area contributed by atoms with Crippen molar-refractivity contribution in [1.29, 1.82) is 0 Å². The molecule has 3 nitrogen and oxygen atoms in total. The third kappa shape index (κ3) is 1.60. The average Bonchev–Trinajstić information content (AvgIpc) is 2.48. The molecule has 0 aromatic rings. The van der Waals surface area contributed by atoms with Crippen LogP contribution in [0.15, 0.2) is 11.1 Å². The van der Waals surface area contributed by atoms with E-state index in [4.69, 9.17) is 0 Å². The van der Waals surface area contributed by atoms with Gasteiger partial charge in [-0.1, -0.05) is 27.7 Å². The lowest BCUT2D eigenvalue weighted by molar-refractivity contribution is -0.141. The molecule has 4 atom stereocenters. The lowest BCUT2D eigenvalue weighted by Gasteiger charge is -2.41. The molecule has 2 rings (SSSR count). The van der Waals surface area contributed by atoms with Crippen molar-refractivity contribution >= 4 is 5.78 Å². The van der Waals surface area contributed by atoms with Crippen LogP contribution in [0.2, 0.25) is 0 Å². The maximum atomic E-state index is 12.5. The first-order chi connectivity index (χ1) is 8.14. The molecule has 2 aliphatic carbocycles. The first-order valence-corrected chi connectivity index (χ1v) is 6.82. The summed E-state index contributed by atoms with van der Waals surface area (Å²) in [6.45, 7) is 9.59. The Bertz CT molecular complexity index is 417. The maximum Gasteiger partial charge on any atom is 0.190 e. The van der Waals surface area contributed by atoms with Gasteiger partial charge >= 0.3 is 0 Å². The highest BCUT2D eigenvalue weighted by molar-refractivity contribution is 6.04. The monoisotopic (exact) mass is 252 g/mol. The molecular formula is C15H24O3. The van der Waals surface area contributed by atoms with E-state index < -0.39 is 11.7 Å². The maximum absolute atomic E-state index is 12.5. The molecule has 0 aliphatic heterocycles. The molecule has 0 heterocycles. The summed E-state index contributed by atoms with van der Waals surface area (Å²) < 4.78 is 0. The highest BCUT2D eigenvalue weighted by atomic mass is 16.3. The molecule has 0 spiro atoms. The van der Waals surface area contributed by atoms with Crippen LogP contribution in [0.1, 0.15) is 47.5 Å². The van der Waals surface area contributed by atoms with Crippen molar-refractivity contribution in [2.75, 3.05) is 0 Å². The summed E-state index contributed by atoms with van der Waals surface area (Å²) >= 11 is 0. The van der Waals surface area contributed by atoms with Gasteiger partial charge in [-0.05, 0) is 36.7 Å². The minimum atomic E-state index is -1.28. The molecule has 18 heavy (non-hydrogen) atoms. The van der Waals surface area contributed by atoms with Crippen LogP contribution in [0.5, 0.6) is 0 Å². The first kappa shape index (κ1) is 13.8. The number of carbonyl (C=O) groups excluding carboxylic acids is 1.